The summed E-state index contributed by atoms with van der Waals surface area (Å²) in [5.41, 5.74) is 0.183. The van der Waals surface area contributed by atoms with Crippen molar-refractivity contribution >= 4 is 5.90 Å². The van der Waals surface area contributed by atoms with Crippen LogP contribution in [0.25, 0.3) is 0 Å². The summed E-state index contributed by atoms with van der Waals surface area (Å²) in [5, 5.41) is 5.24. The van der Waals surface area contributed by atoms with Crippen LogP contribution in [0.4, 0.5) is 4.39 Å². The summed E-state index contributed by atoms with van der Waals surface area (Å²) in [6.45, 7) is 4.30. The Morgan fingerprint density at radius 2 is 2.17 bits per heavy atom. The van der Waals surface area contributed by atoms with Gasteiger partial charge in [-0.1, -0.05) is 6.92 Å². The molecule has 18 heavy (non-hydrogen) atoms. The zero-order valence-electron chi connectivity index (χ0n) is 11.2. The van der Waals surface area contributed by atoms with Crippen LogP contribution in [0.3, 0.4) is 0 Å². The second kappa shape index (κ2) is 4.46. The molecule has 0 spiro atoms. The van der Waals surface area contributed by atoms with Crippen LogP contribution in [-0.4, -0.2) is 43.4 Å². The Morgan fingerprint density at radius 1 is 1.50 bits per heavy atom. The molecule has 2 unspecified atom stereocenters. The second-order valence-electron chi connectivity index (χ2n) is 5.80. The predicted octanol–water partition coefficient (Wildman–Crippen LogP) is 1.73. The molecule has 2 heterocycles. The van der Waals surface area contributed by atoms with Gasteiger partial charge in [0.25, 0.3) is 0 Å². The quantitative estimate of drug-likeness (QED) is 0.834. The molecule has 1 saturated carbocycles. The van der Waals surface area contributed by atoms with E-state index in [1.54, 1.807) is 0 Å². The number of rotatable bonds is 3. The van der Waals surface area contributed by atoms with Gasteiger partial charge in [0.05, 0.1) is 5.92 Å². The van der Waals surface area contributed by atoms with Gasteiger partial charge in [0.2, 0.25) is 5.90 Å². The number of hydrogen-bond donors (Lipinski definition) is 1. The van der Waals surface area contributed by atoms with Crippen LogP contribution in [0.5, 0.6) is 0 Å². The Hall–Kier alpha value is -0.680. The van der Waals surface area contributed by atoms with Crippen LogP contribution < -0.4 is 5.32 Å². The number of hydroxylamine groups is 2. The third kappa shape index (κ3) is 1.93. The number of nitrogens with zero attached hydrogens (tertiary/aromatic N) is 2. The molecule has 3 atom stereocenters. The van der Waals surface area contributed by atoms with Crippen LogP contribution in [-0.2, 0) is 4.84 Å². The van der Waals surface area contributed by atoms with Crippen molar-refractivity contribution in [2.24, 2.45) is 16.3 Å². The zero-order chi connectivity index (χ0) is 12.8. The van der Waals surface area contributed by atoms with E-state index in [0.717, 1.165) is 32.4 Å². The first-order valence-electron chi connectivity index (χ1n) is 6.99. The Bertz CT molecular complexity index is 354. The SMILES string of the molecule is CCC1(C2N=C(C3C[C@@H]3F)ON2C)CCNCC1. The Labute approximate surface area is 108 Å². The molecule has 1 aliphatic carbocycles. The molecular formula is C13H22FN3O. The molecule has 2 fully saturated rings. The number of nitrogens with one attached hydrogen (secondary N) is 1. The van der Waals surface area contributed by atoms with Crippen molar-refractivity contribution < 1.29 is 9.23 Å². The lowest BCUT2D eigenvalue weighted by atomic mass is 9.74. The molecule has 1 saturated heterocycles. The standard InChI is InChI=1S/C13H22FN3O/c1-3-13(4-6-15-7-5-13)12-16-11(18-17(12)2)9-8-10(9)14/h9-10,12,15H,3-8H2,1-2H3/t9?,10-,12?/m0/s1. The van der Waals surface area contributed by atoms with Crippen molar-refractivity contribution in [3.05, 3.63) is 0 Å². The van der Waals surface area contributed by atoms with Crippen molar-refractivity contribution in [3.8, 4) is 0 Å². The molecule has 3 aliphatic rings. The van der Waals surface area contributed by atoms with Gasteiger partial charge in [-0.25, -0.2) is 9.38 Å². The van der Waals surface area contributed by atoms with Crippen LogP contribution >= 0.6 is 0 Å². The van der Waals surface area contributed by atoms with Gasteiger partial charge < -0.3 is 10.2 Å². The molecule has 2 aliphatic heterocycles. The van der Waals surface area contributed by atoms with E-state index in [9.17, 15) is 4.39 Å². The molecule has 4 nitrogen and oxygen atoms in total. The lowest BCUT2D eigenvalue weighted by molar-refractivity contribution is -0.108. The van der Waals surface area contributed by atoms with E-state index in [-0.39, 0.29) is 17.5 Å². The molecule has 0 amide bonds. The average Bonchev–Trinajstić information content (AvgIpc) is 2.99. The summed E-state index contributed by atoms with van der Waals surface area (Å²) in [7, 11) is 1.93. The minimum absolute atomic E-state index is 0.0624. The van der Waals surface area contributed by atoms with Crippen molar-refractivity contribution in [1.82, 2.24) is 10.4 Å². The van der Waals surface area contributed by atoms with Gasteiger partial charge in [0.1, 0.15) is 12.3 Å². The fourth-order valence-electron chi connectivity index (χ4n) is 3.25. The maximum Gasteiger partial charge on any atom is 0.217 e. The maximum absolute atomic E-state index is 13.1. The predicted molar refractivity (Wildman–Crippen MR) is 67.9 cm³/mol. The van der Waals surface area contributed by atoms with Crippen LogP contribution in [0, 0.1) is 11.3 Å². The van der Waals surface area contributed by atoms with E-state index in [4.69, 9.17) is 9.83 Å². The normalized spacial score (nSPS) is 39.3. The zero-order valence-corrected chi connectivity index (χ0v) is 11.2. The number of piperidine rings is 1. The van der Waals surface area contributed by atoms with Gasteiger partial charge in [0.15, 0.2) is 0 Å². The smallest absolute Gasteiger partial charge is 0.217 e. The van der Waals surface area contributed by atoms with Gasteiger partial charge in [-0.05, 0) is 38.8 Å². The highest BCUT2D eigenvalue weighted by atomic mass is 19.1. The fourth-order valence-corrected chi connectivity index (χ4v) is 3.25. The van der Waals surface area contributed by atoms with Crippen molar-refractivity contribution in [3.63, 3.8) is 0 Å². The highest BCUT2D eigenvalue weighted by molar-refractivity contribution is 5.83. The number of aliphatic imine (C=N–C) groups is 1. The average molecular weight is 255 g/mol. The Morgan fingerprint density at radius 3 is 2.72 bits per heavy atom. The van der Waals surface area contributed by atoms with E-state index < -0.39 is 6.17 Å². The molecule has 5 heteroatoms. The molecule has 102 valence electrons. The molecule has 0 aromatic carbocycles. The van der Waals surface area contributed by atoms with E-state index in [1.807, 2.05) is 12.1 Å². The monoisotopic (exact) mass is 255 g/mol. The van der Waals surface area contributed by atoms with Crippen molar-refractivity contribution in [2.75, 3.05) is 20.1 Å². The molecule has 1 N–H and O–H groups in total. The van der Waals surface area contributed by atoms with Crippen LogP contribution in [0.1, 0.15) is 32.6 Å². The maximum atomic E-state index is 13.1. The van der Waals surface area contributed by atoms with E-state index in [0.29, 0.717) is 12.3 Å². The number of halogens is 1. The number of alkyl halides is 1. The third-order valence-corrected chi connectivity index (χ3v) is 4.71. The highest BCUT2D eigenvalue weighted by Gasteiger charge is 2.50. The number of hydrogen-bond acceptors (Lipinski definition) is 4. The lowest BCUT2D eigenvalue weighted by Gasteiger charge is -2.41. The van der Waals surface area contributed by atoms with Gasteiger partial charge in [-0.15, -0.1) is 5.06 Å². The summed E-state index contributed by atoms with van der Waals surface area (Å²) in [4.78, 5) is 10.4. The van der Waals surface area contributed by atoms with E-state index in [2.05, 4.69) is 12.2 Å². The molecule has 0 aromatic heterocycles. The van der Waals surface area contributed by atoms with Crippen molar-refractivity contribution in [2.45, 2.75) is 44.9 Å². The van der Waals surface area contributed by atoms with Crippen molar-refractivity contribution in [1.29, 1.82) is 0 Å². The summed E-state index contributed by atoms with van der Waals surface area (Å²) in [5.74, 6) is 0.550. The summed E-state index contributed by atoms with van der Waals surface area (Å²) >= 11 is 0. The lowest BCUT2D eigenvalue weighted by Crippen LogP contribution is -2.48. The first kappa shape index (κ1) is 12.4. The Kier molecular flexibility index (Phi) is 3.06. The Balaban J connectivity index is 1.79. The second-order valence-corrected chi connectivity index (χ2v) is 5.80. The minimum atomic E-state index is -0.735. The van der Waals surface area contributed by atoms with Crippen LogP contribution in [0.15, 0.2) is 4.99 Å². The molecule has 0 bridgehead atoms. The largest absolute Gasteiger partial charge is 0.388 e. The van der Waals surface area contributed by atoms with Gasteiger partial charge in [-0.2, -0.15) is 0 Å². The summed E-state index contributed by atoms with van der Waals surface area (Å²) < 4.78 is 13.1. The summed E-state index contributed by atoms with van der Waals surface area (Å²) in [6, 6.07) is 0. The molecular weight excluding hydrogens is 233 g/mol. The molecule has 0 aromatic rings. The van der Waals surface area contributed by atoms with E-state index in [1.165, 1.54) is 0 Å². The fraction of sp³-hybridized carbons (Fsp3) is 0.923. The summed E-state index contributed by atoms with van der Waals surface area (Å²) in [6.07, 6.45) is 3.23. The molecule has 3 rings (SSSR count). The third-order valence-electron chi connectivity index (χ3n) is 4.71. The van der Waals surface area contributed by atoms with Gasteiger partial charge >= 0.3 is 0 Å². The van der Waals surface area contributed by atoms with E-state index >= 15 is 0 Å². The highest BCUT2D eigenvalue weighted by Crippen LogP contribution is 2.44. The topological polar surface area (TPSA) is 36.9 Å². The minimum Gasteiger partial charge on any atom is -0.388 e. The van der Waals surface area contributed by atoms with Crippen LogP contribution in [0.2, 0.25) is 0 Å². The van der Waals surface area contributed by atoms with Gasteiger partial charge in [-0.3, -0.25) is 0 Å². The van der Waals surface area contributed by atoms with Gasteiger partial charge in [0, 0.05) is 12.5 Å². The first-order chi connectivity index (χ1) is 8.66. The molecule has 0 radical (unpaired) electrons. The first-order valence-corrected chi connectivity index (χ1v) is 6.99.